The Labute approximate surface area is 104 Å². The van der Waals surface area contributed by atoms with Crippen LogP contribution in [0.3, 0.4) is 0 Å². The van der Waals surface area contributed by atoms with E-state index in [1.54, 1.807) is 7.11 Å². The number of amides is 1. The lowest BCUT2D eigenvalue weighted by Crippen LogP contribution is -2.37. The van der Waals surface area contributed by atoms with Gasteiger partial charge in [-0.25, -0.2) is 0 Å². The largest absolute Gasteiger partial charge is 0.372 e. The van der Waals surface area contributed by atoms with Crippen molar-refractivity contribution in [2.45, 2.75) is 44.8 Å². The lowest BCUT2D eigenvalue weighted by molar-refractivity contribution is -0.131. The van der Waals surface area contributed by atoms with E-state index in [-0.39, 0.29) is 24.4 Å². The lowest BCUT2D eigenvalue weighted by Gasteiger charge is -2.14. The van der Waals surface area contributed by atoms with Gasteiger partial charge in [0.25, 0.3) is 0 Å². The Morgan fingerprint density at radius 3 is 2.88 bits per heavy atom. The Bertz CT molecular complexity index is 192. The number of methoxy groups -OCH3 is 1. The topological polar surface area (TPSA) is 50.4 Å². The van der Waals surface area contributed by atoms with Crippen molar-refractivity contribution >= 4 is 18.3 Å². The van der Waals surface area contributed by atoms with Crippen LogP contribution in [-0.2, 0) is 9.53 Å². The molecule has 1 heterocycles. The molecule has 1 aliphatic heterocycles. The summed E-state index contributed by atoms with van der Waals surface area (Å²) in [6, 6.07) is 0.591. The molecule has 16 heavy (non-hydrogen) atoms. The average molecular weight is 251 g/mol. The van der Waals surface area contributed by atoms with Crippen molar-refractivity contribution in [2.75, 3.05) is 20.2 Å². The predicted octanol–water partition coefficient (Wildman–Crippen LogP) is 1.09. The van der Waals surface area contributed by atoms with Crippen LogP contribution in [0.4, 0.5) is 0 Å². The van der Waals surface area contributed by atoms with E-state index in [1.165, 1.54) is 12.8 Å². The highest BCUT2D eigenvalue weighted by Gasteiger charge is 2.16. The van der Waals surface area contributed by atoms with Gasteiger partial charge in [0.2, 0.25) is 5.91 Å². The van der Waals surface area contributed by atoms with E-state index >= 15 is 0 Å². The first kappa shape index (κ1) is 15.7. The molecule has 0 saturated carbocycles. The molecule has 0 spiro atoms. The molecule has 1 saturated heterocycles. The van der Waals surface area contributed by atoms with E-state index < -0.39 is 0 Å². The Balaban J connectivity index is 0.00000225. The van der Waals surface area contributed by atoms with Gasteiger partial charge >= 0.3 is 0 Å². The molecule has 0 radical (unpaired) electrons. The molecule has 1 fully saturated rings. The number of ether oxygens (including phenoxy) is 1. The number of nitrogens with one attached hydrogen (secondary N) is 2. The summed E-state index contributed by atoms with van der Waals surface area (Å²) in [5.41, 5.74) is 0. The van der Waals surface area contributed by atoms with Gasteiger partial charge in [-0.2, -0.15) is 0 Å². The quantitative estimate of drug-likeness (QED) is 0.742. The second-order valence-corrected chi connectivity index (χ2v) is 4.01. The predicted molar refractivity (Wildman–Crippen MR) is 67.0 cm³/mol. The molecule has 4 nitrogen and oxygen atoms in total. The van der Waals surface area contributed by atoms with Crippen LogP contribution in [0.25, 0.3) is 0 Å². The number of rotatable bonds is 6. The summed E-state index contributed by atoms with van der Waals surface area (Å²) in [7, 11) is 1.58. The normalized spacial score (nSPS) is 21.2. The standard InChI is InChI=1S/C11H22N2O2.ClH/c1-3-10(15-2)11(14)13-8-6-9-5-4-7-12-9;/h9-10,12H,3-8H2,1-2H3,(H,13,14);1H/t9-,10?;/m1./s1. The van der Waals surface area contributed by atoms with E-state index in [9.17, 15) is 4.79 Å². The van der Waals surface area contributed by atoms with Gasteiger partial charge < -0.3 is 15.4 Å². The van der Waals surface area contributed by atoms with Gasteiger partial charge in [0.15, 0.2) is 0 Å². The molecule has 2 N–H and O–H groups in total. The molecule has 1 rings (SSSR count). The lowest BCUT2D eigenvalue weighted by atomic mass is 10.1. The molecule has 0 aromatic carbocycles. The van der Waals surface area contributed by atoms with Crippen LogP contribution in [-0.4, -0.2) is 38.3 Å². The minimum Gasteiger partial charge on any atom is -0.372 e. The van der Waals surface area contributed by atoms with Gasteiger partial charge in [-0.05, 0) is 32.2 Å². The van der Waals surface area contributed by atoms with Crippen LogP contribution in [0.15, 0.2) is 0 Å². The zero-order chi connectivity index (χ0) is 11.1. The maximum absolute atomic E-state index is 11.5. The Kier molecular flexibility index (Phi) is 8.61. The van der Waals surface area contributed by atoms with Gasteiger partial charge in [0, 0.05) is 19.7 Å². The summed E-state index contributed by atoms with van der Waals surface area (Å²) in [5.74, 6) is 0.0120. The zero-order valence-electron chi connectivity index (χ0n) is 10.1. The van der Waals surface area contributed by atoms with Crippen LogP contribution >= 0.6 is 12.4 Å². The van der Waals surface area contributed by atoms with Crippen LogP contribution < -0.4 is 10.6 Å². The number of hydrogen-bond acceptors (Lipinski definition) is 3. The third kappa shape index (κ3) is 5.14. The molecule has 96 valence electrons. The molecule has 0 bridgehead atoms. The van der Waals surface area contributed by atoms with Crippen molar-refractivity contribution in [2.24, 2.45) is 0 Å². The van der Waals surface area contributed by atoms with Gasteiger partial charge in [-0.3, -0.25) is 4.79 Å². The molecule has 1 aliphatic rings. The summed E-state index contributed by atoms with van der Waals surface area (Å²) in [4.78, 5) is 11.5. The first-order chi connectivity index (χ1) is 7.27. The summed E-state index contributed by atoms with van der Waals surface area (Å²) in [6.45, 7) is 3.82. The zero-order valence-corrected chi connectivity index (χ0v) is 10.9. The third-order valence-electron chi connectivity index (χ3n) is 2.90. The highest BCUT2D eigenvalue weighted by atomic mass is 35.5. The number of halogens is 1. The van der Waals surface area contributed by atoms with Crippen LogP contribution in [0, 0.1) is 0 Å². The molecule has 0 aromatic heterocycles. The SMILES string of the molecule is CCC(OC)C(=O)NCC[C@H]1CCCN1.Cl. The Morgan fingerprint density at radius 2 is 2.38 bits per heavy atom. The average Bonchev–Trinajstić information content (AvgIpc) is 2.72. The molecule has 0 aliphatic carbocycles. The van der Waals surface area contributed by atoms with Gasteiger partial charge in [-0.15, -0.1) is 12.4 Å². The molecule has 0 aromatic rings. The second kappa shape index (κ2) is 8.79. The Hall–Kier alpha value is -0.320. The second-order valence-electron chi connectivity index (χ2n) is 4.01. The monoisotopic (exact) mass is 250 g/mol. The fourth-order valence-electron chi connectivity index (χ4n) is 1.95. The van der Waals surface area contributed by atoms with E-state index in [0.717, 1.165) is 25.9 Å². The van der Waals surface area contributed by atoms with Crippen LogP contribution in [0.2, 0.25) is 0 Å². The summed E-state index contributed by atoms with van der Waals surface area (Å²) in [6.07, 6.45) is 3.95. The van der Waals surface area contributed by atoms with E-state index in [2.05, 4.69) is 10.6 Å². The fraction of sp³-hybridized carbons (Fsp3) is 0.909. The number of hydrogen-bond donors (Lipinski definition) is 2. The van der Waals surface area contributed by atoms with Crippen molar-refractivity contribution in [3.63, 3.8) is 0 Å². The molecule has 1 unspecified atom stereocenters. The van der Waals surface area contributed by atoms with Crippen molar-refractivity contribution in [1.29, 1.82) is 0 Å². The summed E-state index contributed by atoms with van der Waals surface area (Å²) >= 11 is 0. The van der Waals surface area contributed by atoms with Crippen molar-refractivity contribution in [3.05, 3.63) is 0 Å². The highest BCUT2D eigenvalue weighted by Crippen LogP contribution is 2.07. The summed E-state index contributed by atoms with van der Waals surface area (Å²) in [5, 5.41) is 6.31. The van der Waals surface area contributed by atoms with Crippen LogP contribution in [0.5, 0.6) is 0 Å². The van der Waals surface area contributed by atoms with Crippen molar-refractivity contribution in [3.8, 4) is 0 Å². The molecule has 1 amide bonds. The Morgan fingerprint density at radius 1 is 1.62 bits per heavy atom. The van der Waals surface area contributed by atoms with Gasteiger partial charge in [-0.1, -0.05) is 6.92 Å². The summed E-state index contributed by atoms with van der Waals surface area (Å²) < 4.78 is 5.06. The minimum absolute atomic E-state index is 0. The first-order valence-corrected chi connectivity index (χ1v) is 5.81. The van der Waals surface area contributed by atoms with E-state index in [4.69, 9.17) is 4.74 Å². The fourth-order valence-corrected chi connectivity index (χ4v) is 1.95. The van der Waals surface area contributed by atoms with Gasteiger partial charge in [0.1, 0.15) is 6.10 Å². The molecule has 5 heteroatoms. The first-order valence-electron chi connectivity index (χ1n) is 5.81. The van der Waals surface area contributed by atoms with Gasteiger partial charge in [0.05, 0.1) is 0 Å². The number of carbonyl (C=O) groups excluding carboxylic acids is 1. The third-order valence-corrected chi connectivity index (χ3v) is 2.90. The maximum atomic E-state index is 11.5. The van der Waals surface area contributed by atoms with Crippen molar-refractivity contribution < 1.29 is 9.53 Å². The number of carbonyl (C=O) groups is 1. The molecular weight excluding hydrogens is 228 g/mol. The van der Waals surface area contributed by atoms with E-state index in [1.807, 2.05) is 6.92 Å². The van der Waals surface area contributed by atoms with E-state index in [0.29, 0.717) is 6.04 Å². The minimum atomic E-state index is -0.290. The maximum Gasteiger partial charge on any atom is 0.249 e. The highest BCUT2D eigenvalue weighted by molar-refractivity contribution is 5.85. The van der Waals surface area contributed by atoms with Crippen molar-refractivity contribution in [1.82, 2.24) is 10.6 Å². The van der Waals surface area contributed by atoms with Crippen LogP contribution in [0.1, 0.15) is 32.6 Å². The molecule has 2 atom stereocenters. The smallest absolute Gasteiger partial charge is 0.249 e. The molecular formula is C11H23ClN2O2.